The first kappa shape index (κ1) is 17.5. The number of para-hydroxylation sites is 2. The Bertz CT molecular complexity index is 622. The summed E-state index contributed by atoms with van der Waals surface area (Å²) >= 11 is 0. The van der Waals surface area contributed by atoms with Crippen LogP contribution in [-0.4, -0.2) is 21.3 Å². The number of hydrogen-bond donors (Lipinski definition) is 0. The summed E-state index contributed by atoms with van der Waals surface area (Å²) in [6, 6.07) is 7.68. The maximum atomic E-state index is 11.8. The van der Waals surface area contributed by atoms with E-state index in [-0.39, 0.29) is 76.4 Å². The number of imidazole rings is 1. The summed E-state index contributed by atoms with van der Waals surface area (Å²) in [5.74, 6) is -0.408. The van der Waals surface area contributed by atoms with Crippen molar-refractivity contribution in [3.8, 4) is 0 Å². The number of fused-ring (bicyclic) bond motifs is 1. The van der Waals surface area contributed by atoms with E-state index in [2.05, 4.69) is 4.98 Å². The van der Waals surface area contributed by atoms with E-state index in [4.69, 9.17) is 0 Å². The Morgan fingerprint density at radius 2 is 1.95 bits per heavy atom. The van der Waals surface area contributed by atoms with E-state index in [1.165, 1.54) is 0 Å². The van der Waals surface area contributed by atoms with Crippen LogP contribution in [0.2, 0.25) is 0 Å². The van der Waals surface area contributed by atoms with Gasteiger partial charge < -0.3 is 14.5 Å². The van der Waals surface area contributed by atoms with Crippen LogP contribution in [0.1, 0.15) is 25.1 Å². The maximum absolute atomic E-state index is 11.8. The van der Waals surface area contributed by atoms with E-state index in [9.17, 15) is 14.7 Å². The average molecular weight is 298 g/mol. The summed E-state index contributed by atoms with van der Waals surface area (Å²) in [4.78, 5) is 26.4. The molecule has 6 heteroatoms. The normalized spacial score (nSPS) is 10.2. The van der Waals surface area contributed by atoms with E-state index in [0.29, 0.717) is 12.2 Å². The predicted molar refractivity (Wildman–Crippen MR) is 68.3 cm³/mol. The second-order valence-electron chi connectivity index (χ2n) is 4.52. The summed E-state index contributed by atoms with van der Waals surface area (Å²) in [7, 11) is 1.87. The molecule has 1 heterocycles. The third kappa shape index (κ3) is 4.49. The van der Waals surface area contributed by atoms with Crippen molar-refractivity contribution >= 4 is 22.8 Å². The van der Waals surface area contributed by atoms with Gasteiger partial charge >= 0.3 is 51.4 Å². The molecule has 0 radical (unpaired) electrons. The van der Waals surface area contributed by atoms with Gasteiger partial charge in [0.15, 0.2) is 0 Å². The molecule has 0 atom stereocenters. The first-order valence-electron chi connectivity index (χ1n) is 6.20. The van der Waals surface area contributed by atoms with Crippen LogP contribution in [0, 0.1) is 0 Å². The number of aliphatic carboxylic acids is 1. The number of carboxylic acids is 1. The van der Waals surface area contributed by atoms with Crippen molar-refractivity contribution < 1.29 is 66.1 Å². The zero-order valence-corrected chi connectivity index (χ0v) is 14.9. The van der Waals surface area contributed by atoms with Crippen molar-refractivity contribution in [2.24, 2.45) is 7.05 Å². The molecule has 0 fully saturated rings. The molecule has 1 aromatic heterocycles. The summed E-state index contributed by atoms with van der Waals surface area (Å²) in [5, 5.41) is 10.3. The minimum atomic E-state index is -1.12. The van der Waals surface area contributed by atoms with Crippen LogP contribution in [0.5, 0.6) is 0 Å². The smallest absolute Gasteiger partial charge is 0.550 e. The number of hydrogen-bond acceptors (Lipinski definition) is 4. The first-order valence-corrected chi connectivity index (χ1v) is 6.20. The number of rotatable bonds is 6. The van der Waals surface area contributed by atoms with E-state index in [1.807, 2.05) is 35.9 Å². The standard InChI is InChI=1S/C14H16N2O3.K/c1-16-12-7-3-2-6-11(12)15-13(16)9-10(17)5-4-8-14(18)19;/h2-3,6-7H,4-5,8-9H2,1H3,(H,18,19);/q;+1/p-1. The van der Waals surface area contributed by atoms with Crippen LogP contribution in [-0.2, 0) is 23.1 Å². The van der Waals surface area contributed by atoms with E-state index in [0.717, 1.165) is 11.0 Å². The second-order valence-corrected chi connectivity index (χ2v) is 4.52. The van der Waals surface area contributed by atoms with Gasteiger partial charge in [-0.1, -0.05) is 12.1 Å². The van der Waals surface area contributed by atoms with E-state index in [1.54, 1.807) is 0 Å². The van der Waals surface area contributed by atoms with Gasteiger partial charge in [0.25, 0.3) is 0 Å². The van der Waals surface area contributed by atoms with Crippen LogP contribution in [0.25, 0.3) is 11.0 Å². The molecular weight excluding hydrogens is 283 g/mol. The second kappa shape index (κ2) is 8.04. The number of benzene rings is 1. The number of carboxylic acid groups (broad SMARTS) is 1. The van der Waals surface area contributed by atoms with Crippen molar-refractivity contribution in [2.45, 2.75) is 25.7 Å². The van der Waals surface area contributed by atoms with E-state index >= 15 is 0 Å². The zero-order valence-electron chi connectivity index (χ0n) is 11.8. The molecule has 0 saturated heterocycles. The third-order valence-corrected chi connectivity index (χ3v) is 3.07. The number of aromatic nitrogens is 2. The molecule has 0 saturated carbocycles. The van der Waals surface area contributed by atoms with Gasteiger partial charge in [-0.05, 0) is 25.0 Å². The Balaban J connectivity index is 0.00000200. The SMILES string of the molecule is Cn1c(CC(=O)CCCC(=O)[O-])nc2ccccc21.[K+]. The Labute approximate surface area is 159 Å². The van der Waals surface area contributed by atoms with Crippen molar-refractivity contribution in [1.82, 2.24) is 9.55 Å². The molecule has 0 N–H and O–H groups in total. The molecule has 0 unspecified atom stereocenters. The minimum absolute atomic E-state index is 0. The fourth-order valence-electron chi connectivity index (χ4n) is 2.05. The molecule has 0 bridgehead atoms. The average Bonchev–Trinajstić information content (AvgIpc) is 2.66. The van der Waals surface area contributed by atoms with Gasteiger partial charge in [0.05, 0.1) is 17.5 Å². The molecule has 5 nitrogen and oxygen atoms in total. The summed E-state index contributed by atoms with van der Waals surface area (Å²) in [6.07, 6.45) is 0.731. The quantitative estimate of drug-likeness (QED) is 0.558. The molecule has 0 aliphatic rings. The Hall–Kier alpha value is -0.534. The topological polar surface area (TPSA) is 75.0 Å². The van der Waals surface area contributed by atoms with Gasteiger partial charge in [0, 0.05) is 19.4 Å². The molecule has 0 amide bonds. The van der Waals surface area contributed by atoms with Crippen molar-refractivity contribution in [2.75, 3.05) is 0 Å². The first-order chi connectivity index (χ1) is 9.08. The molecule has 1 aromatic carbocycles. The largest absolute Gasteiger partial charge is 1.00 e. The number of carbonyl (C=O) groups is 2. The Morgan fingerprint density at radius 3 is 2.60 bits per heavy atom. The van der Waals surface area contributed by atoms with Crippen LogP contribution in [0.4, 0.5) is 0 Å². The van der Waals surface area contributed by atoms with Gasteiger partial charge in [-0.25, -0.2) is 4.98 Å². The number of carbonyl (C=O) groups excluding carboxylic acids is 2. The molecule has 0 aliphatic carbocycles. The minimum Gasteiger partial charge on any atom is -0.550 e. The molecule has 0 spiro atoms. The molecular formula is C14H15KN2O3. The van der Waals surface area contributed by atoms with Gasteiger partial charge in [-0.2, -0.15) is 0 Å². The monoisotopic (exact) mass is 298 g/mol. The number of ketones is 1. The van der Waals surface area contributed by atoms with Crippen LogP contribution in [0.15, 0.2) is 24.3 Å². The van der Waals surface area contributed by atoms with Crippen LogP contribution in [0.3, 0.4) is 0 Å². The van der Waals surface area contributed by atoms with Gasteiger partial charge in [-0.15, -0.1) is 0 Å². The third-order valence-electron chi connectivity index (χ3n) is 3.07. The van der Waals surface area contributed by atoms with Gasteiger partial charge in [0.1, 0.15) is 11.6 Å². The predicted octanol–water partition coefficient (Wildman–Crippen LogP) is -2.39. The molecule has 0 aliphatic heterocycles. The van der Waals surface area contributed by atoms with Crippen molar-refractivity contribution in [1.29, 1.82) is 0 Å². The van der Waals surface area contributed by atoms with Gasteiger partial charge in [0.2, 0.25) is 0 Å². The Kier molecular flexibility index (Phi) is 7.04. The number of aryl methyl sites for hydroxylation is 1. The fraction of sp³-hybridized carbons (Fsp3) is 0.357. The van der Waals surface area contributed by atoms with Crippen LogP contribution < -0.4 is 56.5 Å². The summed E-state index contributed by atoms with van der Waals surface area (Å²) in [5.41, 5.74) is 1.85. The Morgan fingerprint density at radius 1 is 1.25 bits per heavy atom. The molecule has 2 aromatic rings. The fourth-order valence-corrected chi connectivity index (χ4v) is 2.05. The number of Topliss-reactive ketones (excluding diaryl/α,β-unsaturated/α-hetero) is 1. The molecule has 20 heavy (non-hydrogen) atoms. The molecule has 100 valence electrons. The maximum Gasteiger partial charge on any atom is 1.00 e. The molecule has 2 rings (SSSR count). The summed E-state index contributed by atoms with van der Waals surface area (Å²) < 4.78 is 1.89. The van der Waals surface area contributed by atoms with Crippen molar-refractivity contribution in [3.63, 3.8) is 0 Å². The van der Waals surface area contributed by atoms with Crippen molar-refractivity contribution in [3.05, 3.63) is 30.1 Å². The number of nitrogens with zero attached hydrogens (tertiary/aromatic N) is 2. The van der Waals surface area contributed by atoms with Crippen LogP contribution >= 0.6 is 0 Å². The van der Waals surface area contributed by atoms with E-state index < -0.39 is 5.97 Å². The summed E-state index contributed by atoms with van der Waals surface area (Å²) in [6.45, 7) is 0. The van der Waals surface area contributed by atoms with Gasteiger partial charge in [-0.3, -0.25) is 4.79 Å². The zero-order chi connectivity index (χ0) is 13.8.